The lowest BCUT2D eigenvalue weighted by Gasteiger charge is -2.19. The molecular weight excluding hydrogens is 262 g/mol. The number of hydrogen-bond donors (Lipinski definition) is 0. The van der Waals surface area contributed by atoms with Crippen LogP contribution in [0.5, 0.6) is 0 Å². The number of nitrogens with zero attached hydrogens (tertiary/aromatic N) is 1. The molecule has 0 saturated heterocycles. The lowest BCUT2D eigenvalue weighted by atomic mass is 10.2. The largest absolute Gasteiger partial charge is 0.245 e. The van der Waals surface area contributed by atoms with Crippen molar-refractivity contribution in [3.8, 4) is 0 Å². The second-order valence-corrected chi connectivity index (χ2v) is 7.64. The van der Waals surface area contributed by atoms with E-state index in [2.05, 4.69) is 0 Å². The zero-order valence-corrected chi connectivity index (χ0v) is 11.5. The highest BCUT2D eigenvalue weighted by molar-refractivity contribution is 8.09. The van der Waals surface area contributed by atoms with Gasteiger partial charge in [-0.05, 0) is 24.1 Å². The number of sulfonamides is 2. The highest BCUT2D eigenvalue weighted by Crippen LogP contribution is 2.21. The molecule has 0 aliphatic rings. The molecule has 0 N–H and O–H groups in total. The van der Waals surface area contributed by atoms with Gasteiger partial charge in [-0.15, -0.1) is 0 Å². The molecule has 0 aliphatic heterocycles. The van der Waals surface area contributed by atoms with E-state index >= 15 is 0 Å². The van der Waals surface area contributed by atoms with E-state index in [0.717, 1.165) is 24.5 Å². The smallest absolute Gasteiger partial charge is 0.206 e. The summed E-state index contributed by atoms with van der Waals surface area (Å²) in [7, 11) is -7.70. The molecule has 0 amide bonds. The van der Waals surface area contributed by atoms with Gasteiger partial charge in [0.15, 0.2) is 0 Å². The Bertz CT molecular complexity index is 556. The van der Waals surface area contributed by atoms with Gasteiger partial charge in [-0.25, -0.2) is 16.8 Å². The van der Waals surface area contributed by atoms with E-state index < -0.39 is 20.0 Å². The standard InChI is InChI=1S/C10H15NO4S2/c1-4-9-5-7-10(8-6-9)11(16(2,12)13)17(3,14)15/h5-8H,4H2,1-3H3. The molecule has 0 unspecified atom stereocenters. The van der Waals surface area contributed by atoms with E-state index in [1.165, 1.54) is 12.1 Å². The first-order valence-corrected chi connectivity index (χ1v) is 8.65. The second kappa shape index (κ2) is 4.66. The molecule has 7 heteroatoms. The van der Waals surface area contributed by atoms with Gasteiger partial charge >= 0.3 is 0 Å². The third-order valence-corrected chi connectivity index (χ3v) is 5.41. The zero-order chi connectivity index (χ0) is 13.3. The molecule has 1 aromatic carbocycles. The first kappa shape index (κ1) is 14.0. The predicted octanol–water partition coefficient (Wildman–Crippen LogP) is 0.975. The molecule has 0 bridgehead atoms. The third kappa shape index (κ3) is 3.44. The molecule has 0 fully saturated rings. The molecule has 17 heavy (non-hydrogen) atoms. The van der Waals surface area contributed by atoms with Crippen LogP contribution in [0.2, 0.25) is 0 Å². The van der Waals surface area contributed by atoms with Crippen molar-refractivity contribution in [2.45, 2.75) is 13.3 Å². The molecule has 0 radical (unpaired) electrons. The Morgan fingerprint density at radius 1 is 0.941 bits per heavy atom. The van der Waals surface area contributed by atoms with Crippen LogP contribution in [0.25, 0.3) is 0 Å². The minimum absolute atomic E-state index is 0.132. The topological polar surface area (TPSA) is 71.5 Å². The molecule has 0 heterocycles. The molecule has 0 spiro atoms. The Hall–Kier alpha value is -1.08. The van der Waals surface area contributed by atoms with E-state index in [1.54, 1.807) is 12.1 Å². The molecule has 0 aromatic heterocycles. The maximum Gasteiger partial charge on any atom is 0.245 e. The summed E-state index contributed by atoms with van der Waals surface area (Å²) >= 11 is 0. The summed E-state index contributed by atoms with van der Waals surface area (Å²) in [5, 5.41) is 0. The van der Waals surface area contributed by atoms with Crippen LogP contribution in [0, 0.1) is 0 Å². The van der Waals surface area contributed by atoms with E-state index in [0.29, 0.717) is 3.71 Å². The summed E-state index contributed by atoms with van der Waals surface area (Å²) in [5.74, 6) is 0. The van der Waals surface area contributed by atoms with Gasteiger partial charge in [0.25, 0.3) is 0 Å². The lowest BCUT2D eigenvalue weighted by molar-refractivity contribution is 0.590. The fraction of sp³-hybridized carbons (Fsp3) is 0.400. The van der Waals surface area contributed by atoms with Crippen molar-refractivity contribution in [2.24, 2.45) is 0 Å². The van der Waals surface area contributed by atoms with E-state index in [9.17, 15) is 16.8 Å². The van der Waals surface area contributed by atoms with Crippen LogP contribution < -0.4 is 3.71 Å². The van der Waals surface area contributed by atoms with Crippen LogP contribution in [0.1, 0.15) is 12.5 Å². The summed E-state index contributed by atoms with van der Waals surface area (Å²) in [6.07, 6.45) is 2.53. The minimum atomic E-state index is -3.85. The Morgan fingerprint density at radius 3 is 1.65 bits per heavy atom. The molecule has 1 aromatic rings. The van der Waals surface area contributed by atoms with Gasteiger partial charge in [0.1, 0.15) is 0 Å². The van der Waals surface area contributed by atoms with Gasteiger partial charge in [-0.1, -0.05) is 19.1 Å². The maximum absolute atomic E-state index is 11.5. The summed E-state index contributed by atoms with van der Waals surface area (Å²) in [6, 6.07) is 6.39. The van der Waals surface area contributed by atoms with Gasteiger partial charge in [0, 0.05) is 0 Å². The van der Waals surface area contributed by atoms with Crippen LogP contribution in [-0.2, 0) is 26.5 Å². The van der Waals surface area contributed by atoms with Crippen LogP contribution in [0.4, 0.5) is 5.69 Å². The first-order valence-electron chi connectivity index (χ1n) is 4.95. The number of benzene rings is 1. The number of aryl methyl sites for hydroxylation is 1. The van der Waals surface area contributed by atoms with Crippen molar-refractivity contribution in [2.75, 3.05) is 16.2 Å². The van der Waals surface area contributed by atoms with E-state index in [4.69, 9.17) is 0 Å². The van der Waals surface area contributed by atoms with E-state index in [1.807, 2.05) is 6.92 Å². The monoisotopic (exact) mass is 277 g/mol. The quantitative estimate of drug-likeness (QED) is 0.822. The average molecular weight is 277 g/mol. The highest BCUT2D eigenvalue weighted by atomic mass is 32.3. The molecule has 96 valence electrons. The average Bonchev–Trinajstić information content (AvgIpc) is 2.14. The summed E-state index contributed by atoms with van der Waals surface area (Å²) in [6.45, 7) is 1.96. The van der Waals surface area contributed by atoms with Crippen LogP contribution in [0.15, 0.2) is 24.3 Å². The van der Waals surface area contributed by atoms with Crippen molar-refractivity contribution in [3.05, 3.63) is 29.8 Å². The molecule has 0 atom stereocenters. The van der Waals surface area contributed by atoms with Crippen molar-refractivity contribution >= 4 is 25.7 Å². The fourth-order valence-electron chi connectivity index (χ4n) is 1.48. The maximum atomic E-state index is 11.5. The highest BCUT2D eigenvalue weighted by Gasteiger charge is 2.26. The molecular formula is C10H15NO4S2. The van der Waals surface area contributed by atoms with Crippen molar-refractivity contribution in [1.29, 1.82) is 0 Å². The van der Waals surface area contributed by atoms with Crippen LogP contribution in [-0.4, -0.2) is 29.3 Å². The van der Waals surface area contributed by atoms with Gasteiger partial charge in [-0.2, -0.15) is 3.71 Å². The van der Waals surface area contributed by atoms with Gasteiger partial charge in [0.05, 0.1) is 18.2 Å². The Kier molecular flexibility index (Phi) is 3.83. The third-order valence-electron chi connectivity index (χ3n) is 2.16. The van der Waals surface area contributed by atoms with Gasteiger partial charge in [-0.3, -0.25) is 0 Å². The SMILES string of the molecule is CCc1ccc(N(S(C)(=O)=O)S(C)(=O)=O)cc1. The Morgan fingerprint density at radius 2 is 1.35 bits per heavy atom. The van der Waals surface area contributed by atoms with Crippen LogP contribution in [0.3, 0.4) is 0 Å². The second-order valence-electron chi connectivity index (χ2n) is 3.74. The lowest BCUT2D eigenvalue weighted by Crippen LogP contribution is -2.35. The fourth-order valence-corrected chi connectivity index (χ4v) is 4.46. The zero-order valence-electron chi connectivity index (χ0n) is 9.91. The number of anilines is 1. The van der Waals surface area contributed by atoms with Crippen molar-refractivity contribution < 1.29 is 16.8 Å². The Balaban J connectivity index is 3.34. The van der Waals surface area contributed by atoms with Gasteiger partial charge in [0.2, 0.25) is 20.0 Å². The minimum Gasteiger partial charge on any atom is -0.206 e. The Labute approximate surface area is 102 Å². The predicted molar refractivity (Wildman–Crippen MR) is 68.0 cm³/mol. The summed E-state index contributed by atoms with van der Waals surface area (Å²) in [4.78, 5) is 0. The van der Waals surface area contributed by atoms with Gasteiger partial charge < -0.3 is 0 Å². The van der Waals surface area contributed by atoms with Crippen LogP contribution >= 0.6 is 0 Å². The van der Waals surface area contributed by atoms with E-state index in [-0.39, 0.29) is 5.69 Å². The summed E-state index contributed by atoms with van der Waals surface area (Å²) < 4.78 is 46.3. The summed E-state index contributed by atoms with van der Waals surface area (Å²) in [5.41, 5.74) is 1.14. The molecule has 5 nitrogen and oxygen atoms in total. The molecule has 1 rings (SSSR count). The molecule has 0 saturated carbocycles. The number of rotatable bonds is 4. The first-order chi connectivity index (χ1) is 7.66. The van der Waals surface area contributed by atoms with Crippen molar-refractivity contribution in [1.82, 2.24) is 0 Å². The number of hydrogen-bond acceptors (Lipinski definition) is 4. The van der Waals surface area contributed by atoms with Crippen molar-refractivity contribution in [3.63, 3.8) is 0 Å². The molecule has 0 aliphatic carbocycles. The normalized spacial score (nSPS) is 12.4.